The number of rotatable bonds is 4. The molecule has 1 aromatic rings. The van der Waals surface area contributed by atoms with E-state index in [1.165, 1.54) is 0 Å². The van der Waals surface area contributed by atoms with Gasteiger partial charge in [0.1, 0.15) is 18.3 Å². The summed E-state index contributed by atoms with van der Waals surface area (Å²) in [5.74, 6) is 0.600. The molecule has 1 heterocycles. The fourth-order valence-electron chi connectivity index (χ4n) is 3.29. The monoisotopic (exact) mass is 275 g/mol. The van der Waals surface area contributed by atoms with Gasteiger partial charge in [0.05, 0.1) is 6.61 Å². The Morgan fingerprint density at radius 2 is 2.10 bits per heavy atom. The predicted molar refractivity (Wildman–Crippen MR) is 75.7 cm³/mol. The second-order valence-corrected chi connectivity index (χ2v) is 5.98. The van der Waals surface area contributed by atoms with Crippen LogP contribution in [0.3, 0.4) is 0 Å². The maximum absolute atomic E-state index is 12.4. The van der Waals surface area contributed by atoms with Crippen LogP contribution in [0.4, 0.5) is 0 Å². The first kappa shape index (κ1) is 13.4. The van der Waals surface area contributed by atoms with Gasteiger partial charge in [0.2, 0.25) is 5.91 Å². The lowest BCUT2D eigenvalue weighted by Crippen LogP contribution is -2.40. The van der Waals surface area contributed by atoms with Crippen molar-refractivity contribution in [3.63, 3.8) is 0 Å². The zero-order chi connectivity index (χ0) is 14.0. The Morgan fingerprint density at radius 3 is 2.85 bits per heavy atom. The van der Waals surface area contributed by atoms with E-state index < -0.39 is 0 Å². The third-order valence-corrected chi connectivity index (χ3v) is 4.65. The van der Waals surface area contributed by atoms with Crippen molar-refractivity contribution in [2.75, 3.05) is 19.8 Å². The first-order valence-electron chi connectivity index (χ1n) is 7.34. The van der Waals surface area contributed by atoms with Gasteiger partial charge >= 0.3 is 0 Å². The highest BCUT2D eigenvalue weighted by molar-refractivity contribution is 5.85. The van der Waals surface area contributed by atoms with Crippen LogP contribution in [-0.2, 0) is 4.79 Å². The lowest BCUT2D eigenvalue weighted by atomic mass is 9.87. The van der Waals surface area contributed by atoms with Crippen molar-refractivity contribution in [2.24, 2.45) is 5.41 Å². The molecular weight excluding hydrogens is 254 g/mol. The third kappa shape index (κ3) is 2.40. The van der Waals surface area contributed by atoms with Crippen molar-refractivity contribution in [1.82, 2.24) is 5.32 Å². The van der Waals surface area contributed by atoms with Gasteiger partial charge in [-0.1, -0.05) is 31.0 Å². The van der Waals surface area contributed by atoms with Gasteiger partial charge in [0.25, 0.3) is 0 Å². The molecular formula is C16H21NO3. The van der Waals surface area contributed by atoms with Gasteiger partial charge in [-0.3, -0.25) is 4.79 Å². The number of aliphatic hydroxyl groups is 1. The molecule has 0 aromatic heterocycles. The summed E-state index contributed by atoms with van der Waals surface area (Å²) in [6.07, 6.45) is 4.29. The number of benzene rings is 1. The molecule has 108 valence electrons. The molecule has 2 aliphatic rings. The van der Waals surface area contributed by atoms with E-state index in [2.05, 4.69) is 5.32 Å². The molecule has 0 radical (unpaired) electrons. The van der Waals surface area contributed by atoms with Gasteiger partial charge < -0.3 is 15.2 Å². The highest BCUT2D eigenvalue weighted by Gasteiger charge is 2.35. The molecule has 2 N–H and O–H groups in total. The number of hydrogen-bond donors (Lipinski definition) is 2. The lowest BCUT2D eigenvalue weighted by molar-refractivity contribution is -0.123. The van der Waals surface area contributed by atoms with E-state index in [4.69, 9.17) is 4.74 Å². The molecule has 1 aliphatic heterocycles. The number of amides is 1. The van der Waals surface area contributed by atoms with E-state index in [1.54, 1.807) is 0 Å². The van der Waals surface area contributed by atoms with E-state index in [0.29, 0.717) is 13.2 Å². The minimum atomic E-state index is -0.219. The fourth-order valence-corrected chi connectivity index (χ4v) is 3.29. The topological polar surface area (TPSA) is 58.6 Å². The number of carbonyl (C=O) groups is 1. The molecule has 4 heteroatoms. The van der Waals surface area contributed by atoms with E-state index in [-0.39, 0.29) is 23.8 Å². The summed E-state index contributed by atoms with van der Waals surface area (Å²) in [5.41, 5.74) is 0.865. The summed E-state index contributed by atoms with van der Waals surface area (Å²) in [5, 5.41) is 12.6. The van der Waals surface area contributed by atoms with Crippen LogP contribution in [0.5, 0.6) is 5.75 Å². The van der Waals surface area contributed by atoms with Gasteiger partial charge in [-0.2, -0.15) is 0 Å². The molecule has 3 rings (SSSR count). The second-order valence-electron chi connectivity index (χ2n) is 5.98. The zero-order valence-electron chi connectivity index (χ0n) is 11.6. The molecule has 0 saturated heterocycles. The van der Waals surface area contributed by atoms with Crippen molar-refractivity contribution < 1.29 is 14.6 Å². The number of nitrogens with one attached hydrogen (secondary N) is 1. The second kappa shape index (κ2) is 5.44. The minimum absolute atomic E-state index is 0.00896. The van der Waals surface area contributed by atoms with Crippen LogP contribution in [0.15, 0.2) is 24.3 Å². The van der Waals surface area contributed by atoms with Crippen molar-refractivity contribution in [3.05, 3.63) is 29.8 Å². The summed E-state index contributed by atoms with van der Waals surface area (Å²) >= 11 is 0. The Hall–Kier alpha value is -1.55. The highest BCUT2D eigenvalue weighted by Crippen LogP contribution is 2.38. The van der Waals surface area contributed by atoms with Crippen LogP contribution in [0.25, 0.3) is 0 Å². The van der Waals surface area contributed by atoms with Gasteiger partial charge in [-0.15, -0.1) is 0 Å². The molecule has 1 atom stereocenters. The maximum Gasteiger partial charge on any atom is 0.231 e. The number of ether oxygens (including phenoxy) is 1. The summed E-state index contributed by atoms with van der Waals surface area (Å²) in [7, 11) is 0. The van der Waals surface area contributed by atoms with E-state index in [1.807, 2.05) is 24.3 Å². The standard InChI is InChI=1S/C16H21NO3/c18-11-16(7-3-4-8-16)10-17-15(19)13-9-20-14-6-2-1-5-12(13)14/h1-2,5-6,13,18H,3-4,7-11H2,(H,17,19). The number of hydrogen-bond acceptors (Lipinski definition) is 3. The van der Waals surface area contributed by atoms with Crippen LogP contribution in [0.1, 0.15) is 37.2 Å². The van der Waals surface area contributed by atoms with Crippen LogP contribution in [-0.4, -0.2) is 30.8 Å². The zero-order valence-corrected chi connectivity index (χ0v) is 11.6. The first-order chi connectivity index (χ1) is 9.74. The number of para-hydroxylation sites is 1. The fraction of sp³-hybridized carbons (Fsp3) is 0.562. The summed E-state index contributed by atoms with van der Waals surface area (Å²) < 4.78 is 5.55. The van der Waals surface area contributed by atoms with Crippen molar-refractivity contribution >= 4 is 5.91 Å². The number of fused-ring (bicyclic) bond motifs is 1. The number of aliphatic hydroxyl groups excluding tert-OH is 1. The molecule has 1 aliphatic carbocycles. The Labute approximate surface area is 119 Å². The normalized spacial score (nSPS) is 23.1. The van der Waals surface area contributed by atoms with Crippen molar-refractivity contribution in [3.8, 4) is 5.75 Å². The quantitative estimate of drug-likeness (QED) is 0.881. The van der Waals surface area contributed by atoms with Gasteiger partial charge in [-0.05, 0) is 18.9 Å². The predicted octanol–water partition coefficient (Wildman–Crippen LogP) is 1.83. The van der Waals surface area contributed by atoms with Crippen LogP contribution in [0, 0.1) is 5.41 Å². The van der Waals surface area contributed by atoms with Crippen LogP contribution < -0.4 is 10.1 Å². The average molecular weight is 275 g/mol. The largest absolute Gasteiger partial charge is 0.492 e. The molecule has 1 unspecified atom stereocenters. The Morgan fingerprint density at radius 1 is 1.35 bits per heavy atom. The van der Waals surface area contributed by atoms with Gasteiger partial charge in [-0.25, -0.2) is 0 Å². The van der Waals surface area contributed by atoms with Crippen LogP contribution >= 0.6 is 0 Å². The first-order valence-corrected chi connectivity index (χ1v) is 7.34. The van der Waals surface area contributed by atoms with E-state index in [0.717, 1.165) is 37.0 Å². The van der Waals surface area contributed by atoms with E-state index >= 15 is 0 Å². The molecule has 1 saturated carbocycles. The van der Waals surface area contributed by atoms with Crippen molar-refractivity contribution in [2.45, 2.75) is 31.6 Å². The lowest BCUT2D eigenvalue weighted by Gasteiger charge is -2.27. The average Bonchev–Trinajstić information content (AvgIpc) is 3.12. The Kier molecular flexibility index (Phi) is 3.66. The summed E-state index contributed by atoms with van der Waals surface area (Å²) in [4.78, 5) is 12.4. The molecule has 0 bridgehead atoms. The molecule has 20 heavy (non-hydrogen) atoms. The smallest absolute Gasteiger partial charge is 0.231 e. The molecule has 0 spiro atoms. The van der Waals surface area contributed by atoms with Crippen molar-refractivity contribution in [1.29, 1.82) is 0 Å². The summed E-state index contributed by atoms with van der Waals surface area (Å²) in [6, 6.07) is 7.69. The van der Waals surface area contributed by atoms with Crippen LogP contribution in [0.2, 0.25) is 0 Å². The van der Waals surface area contributed by atoms with E-state index in [9.17, 15) is 9.90 Å². The molecule has 1 amide bonds. The highest BCUT2D eigenvalue weighted by atomic mass is 16.5. The van der Waals surface area contributed by atoms with Gasteiger partial charge in [0, 0.05) is 17.5 Å². The summed E-state index contributed by atoms with van der Waals surface area (Å²) in [6.45, 7) is 1.14. The molecule has 1 fully saturated rings. The minimum Gasteiger partial charge on any atom is -0.492 e. The number of carbonyl (C=O) groups excluding carboxylic acids is 1. The Balaban J connectivity index is 1.63. The SMILES string of the molecule is O=C(NCC1(CO)CCCC1)C1COc2ccccc21. The third-order valence-electron chi connectivity index (χ3n) is 4.65. The molecule has 1 aromatic carbocycles. The maximum atomic E-state index is 12.4. The Bertz CT molecular complexity index is 494. The van der Waals surface area contributed by atoms with Gasteiger partial charge in [0.15, 0.2) is 0 Å². The molecule has 4 nitrogen and oxygen atoms in total.